The molecule has 10 heteroatoms. The minimum atomic E-state index is -4.01. The Kier molecular flexibility index (Phi) is 4.61. The van der Waals surface area contributed by atoms with Crippen molar-refractivity contribution < 1.29 is 13.2 Å². The second-order valence-corrected chi connectivity index (χ2v) is 4.97. The Morgan fingerprint density at radius 1 is 1.20 bits per heavy atom. The predicted molar refractivity (Wildman–Crippen MR) is 68.6 cm³/mol. The lowest BCUT2D eigenvalue weighted by Crippen LogP contribution is -2.34. The van der Waals surface area contributed by atoms with Crippen molar-refractivity contribution in [3.05, 3.63) is 24.3 Å². The zero-order valence-electron chi connectivity index (χ0n) is 9.86. The molecule has 0 unspecified atom stereocenters. The van der Waals surface area contributed by atoms with E-state index in [1.54, 1.807) is 16.9 Å². The Balaban J connectivity index is 2.91. The number of rotatable bonds is 4. The van der Waals surface area contributed by atoms with Crippen LogP contribution < -0.4 is 15.9 Å². The number of sulfonamides is 1. The molecule has 1 aromatic carbocycles. The maximum atomic E-state index is 11.6. The number of hydrogen-bond donors (Lipinski definition) is 3. The van der Waals surface area contributed by atoms with Crippen LogP contribution in [-0.4, -0.2) is 20.2 Å². The van der Waals surface area contributed by atoms with Gasteiger partial charge in [-0.2, -0.15) is 15.6 Å². The number of carbonyl (C=O) groups excluding carboxylic acids is 1. The van der Waals surface area contributed by atoms with Gasteiger partial charge in [-0.25, -0.2) is 17.9 Å². The second-order valence-electron chi connectivity index (χ2n) is 3.29. The summed E-state index contributed by atoms with van der Waals surface area (Å²) < 4.78 is 24.7. The summed E-state index contributed by atoms with van der Waals surface area (Å²) >= 11 is 0. The molecule has 2 amide bonds. The van der Waals surface area contributed by atoms with Gasteiger partial charge in [-0.05, 0) is 24.3 Å². The largest absolute Gasteiger partial charge is 0.351 e. The number of amides is 2. The molecule has 0 saturated carbocycles. The number of benzene rings is 1. The van der Waals surface area contributed by atoms with Gasteiger partial charge < -0.3 is 5.73 Å². The number of urea groups is 1. The smallest absolute Gasteiger partial charge is 0.326 e. The molecule has 0 bridgehead atoms. The number of anilines is 1. The minimum absolute atomic E-state index is 0.174. The number of nitrogens with zero attached hydrogens (tertiary/aromatic N) is 3. The number of nitrogens with two attached hydrogens (primary N) is 1. The van der Waals surface area contributed by atoms with Crippen molar-refractivity contribution in [3.8, 4) is 12.1 Å². The van der Waals surface area contributed by atoms with E-state index in [-0.39, 0.29) is 10.6 Å². The molecule has 0 heterocycles. The number of carbonyl (C=O) groups is 1. The molecule has 0 atom stereocenters. The molecule has 0 aliphatic carbocycles. The van der Waals surface area contributed by atoms with Crippen LogP contribution in [0.4, 0.5) is 10.5 Å². The lowest BCUT2D eigenvalue weighted by Gasteiger charge is -2.05. The van der Waals surface area contributed by atoms with Crippen molar-refractivity contribution in [1.82, 2.24) is 4.72 Å². The normalized spacial score (nSPS) is 9.70. The van der Waals surface area contributed by atoms with Crippen molar-refractivity contribution in [1.29, 1.82) is 10.5 Å². The van der Waals surface area contributed by atoms with E-state index < -0.39 is 16.1 Å². The summed E-state index contributed by atoms with van der Waals surface area (Å²) in [6.07, 6.45) is 0. The molecule has 0 fully saturated rings. The third-order valence-electron chi connectivity index (χ3n) is 1.91. The molecule has 102 valence electrons. The van der Waals surface area contributed by atoms with E-state index in [4.69, 9.17) is 16.3 Å². The Labute approximate surface area is 114 Å². The van der Waals surface area contributed by atoms with E-state index in [1.807, 2.05) is 0 Å². The van der Waals surface area contributed by atoms with Crippen LogP contribution in [0.2, 0.25) is 0 Å². The van der Waals surface area contributed by atoms with Crippen molar-refractivity contribution in [2.75, 3.05) is 5.43 Å². The van der Waals surface area contributed by atoms with Crippen LogP contribution in [0.3, 0.4) is 0 Å². The molecule has 0 radical (unpaired) electrons. The summed E-state index contributed by atoms with van der Waals surface area (Å²) in [4.78, 5) is 10.4. The Hall–Kier alpha value is -3.11. The highest BCUT2D eigenvalue weighted by Gasteiger charge is 2.15. The number of hydrogen-bond acceptors (Lipinski definition) is 7. The van der Waals surface area contributed by atoms with E-state index in [9.17, 15) is 13.2 Å². The lowest BCUT2D eigenvalue weighted by molar-refractivity contribution is 0.253. The first-order valence-electron chi connectivity index (χ1n) is 4.95. The van der Waals surface area contributed by atoms with Gasteiger partial charge in [0.15, 0.2) is 0 Å². The lowest BCUT2D eigenvalue weighted by atomic mass is 10.3. The van der Waals surface area contributed by atoms with Crippen LogP contribution in [0.25, 0.3) is 0 Å². The van der Waals surface area contributed by atoms with Crippen molar-refractivity contribution in [3.63, 3.8) is 0 Å². The van der Waals surface area contributed by atoms with Gasteiger partial charge >= 0.3 is 6.03 Å². The van der Waals surface area contributed by atoms with Gasteiger partial charge in [0.2, 0.25) is 5.71 Å². The fourth-order valence-electron chi connectivity index (χ4n) is 1.10. The first kappa shape index (κ1) is 14.9. The standard InChI is InChI=1S/C10H8N6O3S/c11-5-8(6-12)15-14-7-1-3-9(4-2-7)20(18,19)16-10(13)17/h1-4,14H,(H3,13,16,17). The van der Waals surface area contributed by atoms with Gasteiger partial charge in [0.1, 0.15) is 12.1 Å². The molecule has 0 spiro atoms. The Morgan fingerprint density at radius 3 is 2.20 bits per heavy atom. The average Bonchev–Trinajstić information content (AvgIpc) is 2.39. The van der Waals surface area contributed by atoms with Crippen LogP contribution in [0.5, 0.6) is 0 Å². The molecule has 4 N–H and O–H groups in total. The van der Waals surface area contributed by atoms with E-state index in [1.165, 1.54) is 24.3 Å². The van der Waals surface area contributed by atoms with Crippen molar-refractivity contribution >= 4 is 27.5 Å². The zero-order valence-corrected chi connectivity index (χ0v) is 10.7. The maximum Gasteiger partial charge on any atom is 0.326 e. The van der Waals surface area contributed by atoms with E-state index in [0.29, 0.717) is 5.69 Å². The average molecular weight is 292 g/mol. The topological polar surface area (TPSA) is 161 Å². The first-order chi connectivity index (χ1) is 9.39. The summed E-state index contributed by atoms with van der Waals surface area (Å²) in [6, 6.07) is 6.98. The minimum Gasteiger partial charge on any atom is -0.351 e. The van der Waals surface area contributed by atoms with E-state index >= 15 is 0 Å². The van der Waals surface area contributed by atoms with Crippen LogP contribution in [0.1, 0.15) is 0 Å². The van der Waals surface area contributed by atoms with E-state index in [2.05, 4.69) is 10.5 Å². The Bertz CT molecular complexity index is 708. The van der Waals surface area contributed by atoms with Gasteiger partial charge in [0.05, 0.1) is 10.6 Å². The Morgan fingerprint density at radius 2 is 1.75 bits per heavy atom. The highest BCUT2D eigenvalue weighted by molar-refractivity contribution is 7.90. The summed E-state index contributed by atoms with van der Waals surface area (Å²) in [5, 5.41) is 20.4. The fourth-order valence-corrected chi connectivity index (χ4v) is 1.97. The molecule has 1 rings (SSSR count). The van der Waals surface area contributed by atoms with Gasteiger partial charge in [0.25, 0.3) is 10.0 Å². The molecular formula is C10H8N6O3S. The highest BCUT2D eigenvalue weighted by atomic mass is 32.2. The SMILES string of the molecule is N#CC(C#N)=NNc1ccc(S(=O)(=O)NC(N)=O)cc1. The van der Waals surface area contributed by atoms with Gasteiger partial charge in [-0.3, -0.25) is 5.43 Å². The number of nitrogens with one attached hydrogen (secondary N) is 2. The van der Waals surface area contributed by atoms with Crippen LogP contribution in [0.15, 0.2) is 34.3 Å². The third-order valence-corrected chi connectivity index (χ3v) is 3.27. The maximum absolute atomic E-state index is 11.6. The van der Waals surface area contributed by atoms with Crippen LogP contribution >= 0.6 is 0 Å². The molecule has 0 aliphatic heterocycles. The molecule has 1 aromatic rings. The van der Waals surface area contributed by atoms with Crippen molar-refractivity contribution in [2.45, 2.75) is 4.90 Å². The number of hydrazone groups is 1. The molecule has 20 heavy (non-hydrogen) atoms. The molecule has 0 aromatic heterocycles. The number of primary amides is 1. The summed E-state index contributed by atoms with van der Waals surface area (Å²) in [5.41, 5.74) is 7.11. The monoisotopic (exact) mass is 292 g/mol. The van der Waals surface area contributed by atoms with Gasteiger partial charge in [-0.1, -0.05) is 0 Å². The molecule has 0 saturated heterocycles. The van der Waals surface area contributed by atoms with Crippen LogP contribution in [0, 0.1) is 22.7 Å². The predicted octanol–water partition coefficient (Wildman–Crippen LogP) is -0.141. The summed E-state index contributed by atoms with van der Waals surface area (Å²) in [7, 11) is -4.01. The first-order valence-corrected chi connectivity index (χ1v) is 6.43. The molecule has 0 aliphatic rings. The summed E-state index contributed by atoms with van der Waals surface area (Å²) in [6.45, 7) is 0. The van der Waals surface area contributed by atoms with Crippen LogP contribution in [-0.2, 0) is 10.0 Å². The van der Waals surface area contributed by atoms with Gasteiger partial charge in [0, 0.05) is 0 Å². The summed E-state index contributed by atoms with van der Waals surface area (Å²) in [5.74, 6) is 0. The molecular weight excluding hydrogens is 284 g/mol. The quantitative estimate of drug-likeness (QED) is 0.516. The number of nitriles is 2. The zero-order chi connectivity index (χ0) is 15.2. The second kappa shape index (κ2) is 6.17. The third kappa shape index (κ3) is 3.97. The van der Waals surface area contributed by atoms with Crippen molar-refractivity contribution in [2.24, 2.45) is 10.8 Å². The fraction of sp³-hybridized carbons (Fsp3) is 0. The molecule has 9 nitrogen and oxygen atoms in total. The van der Waals surface area contributed by atoms with Gasteiger partial charge in [-0.15, -0.1) is 0 Å². The van der Waals surface area contributed by atoms with E-state index in [0.717, 1.165) is 0 Å². The highest BCUT2D eigenvalue weighted by Crippen LogP contribution is 2.13.